The topological polar surface area (TPSA) is 54.4 Å². The van der Waals surface area contributed by atoms with Gasteiger partial charge in [0.05, 0.1) is 13.7 Å². The van der Waals surface area contributed by atoms with Crippen LogP contribution in [0.5, 0.6) is 5.75 Å². The van der Waals surface area contributed by atoms with E-state index < -0.39 is 0 Å². The van der Waals surface area contributed by atoms with E-state index in [4.69, 9.17) is 9.84 Å². The third-order valence-corrected chi connectivity index (χ3v) is 2.03. The van der Waals surface area contributed by atoms with E-state index >= 15 is 0 Å². The van der Waals surface area contributed by atoms with E-state index in [0.29, 0.717) is 11.3 Å². The quantitative estimate of drug-likeness (QED) is 0.749. The second-order valence-corrected chi connectivity index (χ2v) is 3.30. The molecule has 4 heteroatoms. The molecular weight excluding hydrogens is 204 g/mol. The maximum atomic E-state index is 8.73. The highest BCUT2D eigenvalue weighted by Gasteiger charge is 1.97. The molecule has 0 bridgehead atoms. The van der Waals surface area contributed by atoms with Crippen molar-refractivity contribution in [1.29, 1.82) is 0 Å². The molecule has 1 aromatic rings. The van der Waals surface area contributed by atoms with Crippen LogP contribution in [-0.4, -0.2) is 30.8 Å². The molecule has 2 N–H and O–H groups in total. The van der Waals surface area contributed by atoms with Gasteiger partial charge in [-0.1, -0.05) is 13.3 Å². The number of aromatic nitrogens is 1. The predicted molar refractivity (Wildman–Crippen MR) is 65.5 cm³/mol. The van der Waals surface area contributed by atoms with Crippen LogP contribution in [0.2, 0.25) is 0 Å². The Morgan fingerprint density at radius 3 is 2.62 bits per heavy atom. The van der Waals surface area contributed by atoms with Gasteiger partial charge in [0.25, 0.3) is 0 Å². The van der Waals surface area contributed by atoms with Gasteiger partial charge in [-0.05, 0) is 26.1 Å². The van der Waals surface area contributed by atoms with Crippen LogP contribution in [0.4, 0.5) is 0 Å². The number of nitrogens with one attached hydrogen (secondary N) is 1. The molecule has 0 radical (unpaired) electrons. The highest BCUT2D eigenvalue weighted by molar-refractivity contribution is 5.28. The summed E-state index contributed by atoms with van der Waals surface area (Å²) >= 11 is 0. The molecule has 0 saturated heterocycles. The van der Waals surface area contributed by atoms with Crippen LogP contribution >= 0.6 is 0 Å². The third kappa shape index (κ3) is 6.37. The summed E-state index contributed by atoms with van der Waals surface area (Å²) in [6.45, 7) is 3.32. The molecule has 0 unspecified atom stereocenters. The van der Waals surface area contributed by atoms with Crippen LogP contribution in [0.1, 0.15) is 25.3 Å². The molecule has 0 aliphatic heterocycles. The molecule has 0 spiro atoms. The smallest absolute Gasteiger partial charge is 0.127 e. The lowest BCUT2D eigenvalue weighted by Crippen LogP contribution is -2.06. The molecule has 0 atom stereocenters. The molecule has 0 aliphatic rings. The molecule has 16 heavy (non-hydrogen) atoms. The minimum atomic E-state index is -0.0307. The molecule has 4 nitrogen and oxygen atoms in total. The average Bonchev–Trinajstić information content (AvgIpc) is 2.36. The zero-order chi connectivity index (χ0) is 12.2. The SMILES string of the molecule is CCCCNC.COc1ccncc1CO. The first kappa shape index (κ1) is 14.9. The zero-order valence-electron chi connectivity index (χ0n) is 10.4. The minimum Gasteiger partial charge on any atom is -0.496 e. The van der Waals surface area contributed by atoms with Crippen molar-refractivity contribution in [3.05, 3.63) is 24.0 Å². The number of unbranched alkanes of at least 4 members (excludes halogenated alkanes) is 1. The number of nitrogens with zero attached hydrogens (tertiary/aromatic N) is 1. The molecule has 1 rings (SSSR count). The van der Waals surface area contributed by atoms with Crippen LogP contribution < -0.4 is 10.1 Å². The van der Waals surface area contributed by atoms with Gasteiger partial charge in [0.2, 0.25) is 0 Å². The lowest BCUT2D eigenvalue weighted by molar-refractivity contribution is 0.273. The highest BCUT2D eigenvalue weighted by atomic mass is 16.5. The van der Waals surface area contributed by atoms with Crippen molar-refractivity contribution < 1.29 is 9.84 Å². The van der Waals surface area contributed by atoms with Crippen LogP contribution in [0.25, 0.3) is 0 Å². The van der Waals surface area contributed by atoms with Gasteiger partial charge in [-0.15, -0.1) is 0 Å². The molecule has 0 saturated carbocycles. The number of aliphatic hydroxyl groups is 1. The van der Waals surface area contributed by atoms with E-state index in [1.54, 1.807) is 25.6 Å². The number of aliphatic hydroxyl groups excluding tert-OH is 1. The Bertz CT molecular complexity index is 240. The van der Waals surface area contributed by atoms with E-state index in [1.807, 2.05) is 7.05 Å². The van der Waals surface area contributed by atoms with Gasteiger partial charge < -0.3 is 15.2 Å². The summed E-state index contributed by atoms with van der Waals surface area (Å²) in [5.74, 6) is 0.678. The van der Waals surface area contributed by atoms with Crippen molar-refractivity contribution in [1.82, 2.24) is 10.3 Å². The number of rotatable bonds is 5. The van der Waals surface area contributed by atoms with Crippen molar-refractivity contribution in [2.75, 3.05) is 20.7 Å². The predicted octanol–water partition coefficient (Wildman–Crippen LogP) is 1.59. The van der Waals surface area contributed by atoms with Gasteiger partial charge in [-0.3, -0.25) is 4.98 Å². The molecule has 0 amide bonds. The summed E-state index contributed by atoms with van der Waals surface area (Å²) in [4.78, 5) is 3.82. The number of methoxy groups -OCH3 is 1. The Morgan fingerprint density at radius 1 is 1.50 bits per heavy atom. The van der Waals surface area contributed by atoms with Crippen LogP contribution in [0.3, 0.4) is 0 Å². The van der Waals surface area contributed by atoms with E-state index in [2.05, 4.69) is 17.2 Å². The van der Waals surface area contributed by atoms with Crippen LogP contribution in [0, 0.1) is 0 Å². The Morgan fingerprint density at radius 2 is 2.25 bits per heavy atom. The summed E-state index contributed by atoms with van der Waals surface area (Å²) in [6.07, 6.45) is 5.80. The van der Waals surface area contributed by atoms with Crippen LogP contribution in [-0.2, 0) is 6.61 Å². The summed E-state index contributed by atoms with van der Waals surface area (Å²) in [5.41, 5.74) is 0.713. The highest BCUT2D eigenvalue weighted by Crippen LogP contribution is 2.14. The number of hydrogen-bond donors (Lipinski definition) is 2. The van der Waals surface area contributed by atoms with Gasteiger partial charge in [0, 0.05) is 18.0 Å². The standard InChI is InChI=1S/C7H9NO2.C5H13N/c1-10-7-2-3-8-4-6(7)5-9;1-3-4-5-6-2/h2-4,9H,5H2,1H3;6H,3-5H2,1-2H3. The zero-order valence-corrected chi connectivity index (χ0v) is 10.4. The van der Waals surface area contributed by atoms with Gasteiger partial charge in [-0.25, -0.2) is 0 Å². The van der Waals surface area contributed by atoms with Crippen molar-refractivity contribution >= 4 is 0 Å². The van der Waals surface area contributed by atoms with Crippen molar-refractivity contribution in [2.24, 2.45) is 0 Å². The Kier molecular flexibility index (Phi) is 9.66. The number of hydrogen-bond acceptors (Lipinski definition) is 4. The second kappa shape index (κ2) is 10.4. The average molecular weight is 226 g/mol. The Labute approximate surface area is 97.7 Å². The van der Waals surface area contributed by atoms with Gasteiger partial charge in [-0.2, -0.15) is 0 Å². The van der Waals surface area contributed by atoms with E-state index in [9.17, 15) is 0 Å². The summed E-state index contributed by atoms with van der Waals surface area (Å²) in [5, 5.41) is 11.8. The number of pyridine rings is 1. The van der Waals surface area contributed by atoms with E-state index in [1.165, 1.54) is 12.8 Å². The summed E-state index contributed by atoms with van der Waals surface area (Å²) in [6, 6.07) is 1.71. The normalized spacial score (nSPS) is 9.25. The second-order valence-electron chi connectivity index (χ2n) is 3.30. The van der Waals surface area contributed by atoms with Crippen molar-refractivity contribution in [3.63, 3.8) is 0 Å². The van der Waals surface area contributed by atoms with Crippen LogP contribution in [0.15, 0.2) is 18.5 Å². The fourth-order valence-electron chi connectivity index (χ4n) is 1.09. The van der Waals surface area contributed by atoms with Crippen molar-refractivity contribution in [2.45, 2.75) is 26.4 Å². The molecule has 0 aromatic carbocycles. The molecule has 1 heterocycles. The third-order valence-electron chi connectivity index (χ3n) is 2.03. The maximum Gasteiger partial charge on any atom is 0.127 e. The fraction of sp³-hybridized carbons (Fsp3) is 0.583. The van der Waals surface area contributed by atoms with Gasteiger partial charge in [0.15, 0.2) is 0 Å². The first-order valence-corrected chi connectivity index (χ1v) is 5.52. The molecule has 1 aromatic heterocycles. The molecule has 0 fully saturated rings. The van der Waals surface area contributed by atoms with Gasteiger partial charge >= 0.3 is 0 Å². The summed E-state index contributed by atoms with van der Waals surface area (Å²) < 4.78 is 4.94. The lowest BCUT2D eigenvalue weighted by Gasteiger charge is -2.02. The number of ether oxygens (including phenoxy) is 1. The first-order valence-electron chi connectivity index (χ1n) is 5.52. The largest absolute Gasteiger partial charge is 0.496 e. The van der Waals surface area contributed by atoms with Crippen molar-refractivity contribution in [3.8, 4) is 5.75 Å². The van der Waals surface area contributed by atoms with E-state index in [-0.39, 0.29) is 6.61 Å². The molecule has 92 valence electrons. The first-order chi connectivity index (χ1) is 7.79. The fourth-order valence-corrected chi connectivity index (χ4v) is 1.09. The monoisotopic (exact) mass is 226 g/mol. The summed E-state index contributed by atoms with van der Waals surface area (Å²) in [7, 11) is 3.55. The molecular formula is C12H22N2O2. The molecule has 0 aliphatic carbocycles. The Hall–Kier alpha value is -1.13. The van der Waals surface area contributed by atoms with E-state index in [0.717, 1.165) is 6.54 Å². The Balaban J connectivity index is 0.000000325. The maximum absolute atomic E-state index is 8.73. The van der Waals surface area contributed by atoms with Gasteiger partial charge in [0.1, 0.15) is 5.75 Å². The lowest BCUT2D eigenvalue weighted by atomic mass is 10.3. The minimum absolute atomic E-state index is 0.0307.